The predicted octanol–water partition coefficient (Wildman–Crippen LogP) is 0.947. The minimum absolute atomic E-state index is 0.0560. The Hall–Kier alpha value is -4.01. The summed E-state index contributed by atoms with van der Waals surface area (Å²) in [5.41, 5.74) is 3.63. The number of ether oxygens (including phenoxy) is 1. The third-order valence-electron chi connectivity index (χ3n) is 5.59. The number of rotatable bonds is 5. The lowest BCUT2D eigenvalue weighted by Gasteiger charge is -2.35. The van der Waals surface area contributed by atoms with Gasteiger partial charge in [0.2, 0.25) is 5.91 Å². The summed E-state index contributed by atoms with van der Waals surface area (Å²) in [6, 6.07) is 14.1. The standard InChI is InChI=1S/C23H21N3O6/c1-32-23(31)15-12-19(27)24-25(13-15)22(30)18(11-14-7-3-2-4-8-14)26-20(28)16-9-5-6-10-17(16)21(26)29/h2-10,15,18H,11-13H2,1H3,(H,24,27). The van der Waals surface area contributed by atoms with Gasteiger partial charge in [-0.05, 0) is 17.7 Å². The number of fused-ring (bicyclic) bond motifs is 1. The second-order valence-electron chi connectivity index (χ2n) is 7.64. The summed E-state index contributed by atoms with van der Waals surface area (Å²) in [6.07, 6.45) is -0.0623. The Morgan fingerprint density at radius 1 is 1.00 bits per heavy atom. The number of esters is 1. The molecule has 4 rings (SSSR count). The van der Waals surface area contributed by atoms with E-state index in [-0.39, 0.29) is 30.5 Å². The largest absolute Gasteiger partial charge is 0.469 e. The first-order chi connectivity index (χ1) is 15.4. The van der Waals surface area contributed by atoms with Crippen LogP contribution in [0.2, 0.25) is 0 Å². The number of methoxy groups -OCH3 is 1. The topological polar surface area (TPSA) is 113 Å². The first-order valence-electron chi connectivity index (χ1n) is 10.1. The van der Waals surface area contributed by atoms with Gasteiger partial charge in [-0.2, -0.15) is 0 Å². The van der Waals surface area contributed by atoms with E-state index in [1.807, 2.05) is 6.07 Å². The van der Waals surface area contributed by atoms with Crippen LogP contribution in [0.5, 0.6) is 0 Å². The van der Waals surface area contributed by atoms with E-state index in [4.69, 9.17) is 4.74 Å². The Morgan fingerprint density at radius 2 is 1.59 bits per heavy atom. The maximum Gasteiger partial charge on any atom is 0.311 e. The van der Waals surface area contributed by atoms with Crippen molar-refractivity contribution in [1.29, 1.82) is 0 Å². The van der Waals surface area contributed by atoms with Gasteiger partial charge in [-0.25, -0.2) is 0 Å². The highest BCUT2D eigenvalue weighted by molar-refractivity contribution is 6.22. The van der Waals surface area contributed by atoms with Crippen molar-refractivity contribution < 1.29 is 28.7 Å². The molecular weight excluding hydrogens is 414 g/mol. The third kappa shape index (κ3) is 3.84. The fraction of sp³-hybridized carbons (Fsp3) is 0.261. The van der Waals surface area contributed by atoms with Gasteiger partial charge in [-0.1, -0.05) is 42.5 Å². The van der Waals surface area contributed by atoms with E-state index in [1.165, 1.54) is 19.2 Å². The first-order valence-corrected chi connectivity index (χ1v) is 10.1. The van der Waals surface area contributed by atoms with Crippen LogP contribution in [0.15, 0.2) is 54.6 Å². The van der Waals surface area contributed by atoms with E-state index in [9.17, 15) is 24.0 Å². The quantitative estimate of drug-likeness (QED) is 0.553. The molecule has 2 aromatic rings. The Bertz CT molecular complexity index is 1060. The molecule has 2 heterocycles. The number of carbonyl (C=O) groups excluding carboxylic acids is 5. The molecular formula is C23H21N3O6. The first kappa shape index (κ1) is 21.2. The smallest absolute Gasteiger partial charge is 0.311 e. The monoisotopic (exact) mass is 435 g/mol. The predicted molar refractivity (Wildman–Crippen MR) is 111 cm³/mol. The number of nitrogens with one attached hydrogen (secondary N) is 1. The summed E-state index contributed by atoms with van der Waals surface area (Å²) < 4.78 is 4.72. The number of carbonyl (C=O) groups is 5. The molecule has 2 aromatic carbocycles. The molecule has 9 nitrogen and oxygen atoms in total. The van der Waals surface area contributed by atoms with Gasteiger partial charge in [0.1, 0.15) is 6.04 Å². The molecule has 0 aliphatic carbocycles. The molecule has 9 heteroatoms. The summed E-state index contributed by atoms with van der Waals surface area (Å²) in [7, 11) is 1.21. The highest BCUT2D eigenvalue weighted by Crippen LogP contribution is 2.27. The molecule has 2 unspecified atom stereocenters. The Balaban J connectivity index is 1.68. The molecule has 4 amide bonds. The molecule has 2 aliphatic heterocycles. The summed E-state index contributed by atoms with van der Waals surface area (Å²) >= 11 is 0. The average Bonchev–Trinajstić information content (AvgIpc) is 3.07. The van der Waals surface area contributed by atoms with E-state index >= 15 is 0 Å². The summed E-state index contributed by atoms with van der Waals surface area (Å²) in [5.74, 6) is -3.79. The van der Waals surface area contributed by atoms with Gasteiger partial charge in [0.15, 0.2) is 0 Å². The van der Waals surface area contributed by atoms with Crippen molar-refractivity contribution in [2.75, 3.05) is 13.7 Å². The molecule has 2 atom stereocenters. The van der Waals surface area contributed by atoms with Crippen molar-refractivity contribution in [3.63, 3.8) is 0 Å². The molecule has 0 spiro atoms. The average molecular weight is 435 g/mol. The van der Waals surface area contributed by atoms with Crippen LogP contribution in [-0.4, -0.2) is 59.2 Å². The minimum Gasteiger partial charge on any atom is -0.469 e. The van der Waals surface area contributed by atoms with E-state index in [1.54, 1.807) is 36.4 Å². The molecule has 0 saturated carbocycles. The molecule has 0 radical (unpaired) electrons. The number of amides is 4. The molecule has 0 bridgehead atoms. The zero-order valence-electron chi connectivity index (χ0n) is 17.3. The molecule has 1 saturated heterocycles. The fourth-order valence-electron chi connectivity index (χ4n) is 4.02. The van der Waals surface area contributed by atoms with Crippen LogP contribution in [0.4, 0.5) is 0 Å². The van der Waals surface area contributed by atoms with Crippen LogP contribution in [0.1, 0.15) is 32.7 Å². The molecule has 32 heavy (non-hydrogen) atoms. The SMILES string of the molecule is COC(=O)C1CC(=O)NN(C(=O)C(Cc2ccccc2)N2C(=O)c3ccccc3C2=O)C1. The minimum atomic E-state index is -1.21. The number of hydrazine groups is 1. The summed E-state index contributed by atoms with van der Waals surface area (Å²) in [6.45, 7) is -0.119. The van der Waals surface area contributed by atoms with Crippen LogP contribution in [0.3, 0.4) is 0 Å². The zero-order valence-corrected chi connectivity index (χ0v) is 17.3. The lowest BCUT2D eigenvalue weighted by molar-refractivity contribution is -0.158. The van der Waals surface area contributed by atoms with Crippen LogP contribution in [-0.2, 0) is 25.5 Å². The van der Waals surface area contributed by atoms with E-state index < -0.39 is 41.6 Å². The normalized spacial score (nSPS) is 18.8. The van der Waals surface area contributed by atoms with E-state index in [0.29, 0.717) is 0 Å². The lowest BCUT2D eigenvalue weighted by Crippen LogP contribution is -2.61. The van der Waals surface area contributed by atoms with Gasteiger partial charge in [-0.15, -0.1) is 0 Å². The zero-order chi connectivity index (χ0) is 22.8. The second-order valence-corrected chi connectivity index (χ2v) is 7.64. The Kier molecular flexibility index (Phi) is 5.72. The van der Waals surface area contributed by atoms with Crippen LogP contribution in [0, 0.1) is 5.92 Å². The Morgan fingerprint density at radius 3 is 2.19 bits per heavy atom. The number of hydrogen-bond acceptors (Lipinski definition) is 6. The summed E-state index contributed by atoms with van der Waals surface area (Å²) in [4.78, 5) is 64.8. The molecule has 1 N–H and O–H groups in total. The number of imide groups is 1. The summed E-state index contributed by atoms with van der Waals surface area (Å²) in [5, 5.41) is 1.00. The third-order valence-corrected chi connectivity index (χ3v) is 5.59. The maximum atomic E-state index is 13.5. The van der Waals surface area contributed by atoms with Gasteiger partial charge in [-0.3, -0.25) is 39.3 Å². The number of nitrogens with zero attached hydrogens (tertiary/aromatic N) is 2. The molecule has 1 fully saturated rings. The number of hydrogen-bond donors (Lipinski definition) is 1. The molecule has 164 valence electrons. The van der Waals surface area contributed by atoms with Crippen molar-refractivity contribution >= 4 is 29.6 Å². The Labute approximate surface area is 183 Å². The second kappa shape index (κ2) is 8.62. The van der Waals surface area contributed by atoms with Gasteiger partial charge < -0.3 is 4.74 Å². The van der Waals surface area contributed by atoms with Gasteiger partial charge >= 0.3 is 5.97 Å². The van der Waals surface area contributed by atoms with Crippen molar-refractivity contribution in [3.8, 4) is 0 Å². The highest BCUT2D eigenvalue weighted by atomic mass is 16.5. The van der Waals surface area contributed by atoms with E-state index in [0.717, 1.165) is 15.5 Å². The van der Waals surface area contributed by atoms with Crippen molar-refractivity contribution in [2.24, 2.45) is 5.92 Å². The maximum absolute atomic E-state index is 13.5. The van der Waals surface area contributed by atoms with Crippen molar-refractivity contribution in [3.05, 3.63) is 71.3 Å². The van der Waals surface area contributed by atoms with Crippen molar-refractivity contribution in [1.82, 2.24) is 15.3 Å². The highest BCUT2D eigenvalue weighted by Gasteiger charge is 2.45. The van der Waals surface area contributed by atoms with Crippen LogP contribution in [0.25, 0.3) is 0 Å². The van der Waals surface area contributed by atoms with Crippen LogP contribution < -0.4 is 5.43 Å². The molecule has 0 aromatic heterocycles. The lowest BCUT2D eigenvalue weighted by atomic mass is 10.0. The van der Waals surface area contributed by atoms with Crippen molar-refractivity contribution in [2.45, 2.75) is 18.9 Å². The van der Waals surface area contributed by atoms with Gasteiger partial charge in [0.05, 0.1) is 30.7 Å². The van der Waals surface area contributed by atoms with Gasteiger partial charge in [0.25, 0.3) is 17.7 Å². The fourth-order valence-corrected chi connectivity index (χ4v) is 4.02. The van der Waals surface area contributed by atoms with Gasteiger partial charge in [0, 0.05) is 12.8 Å². The number of benzene rings is 2. The molecule has 2 aliphatic rings. The van der Waals surface area contributed by atoms with Crippen LogP contribution >= 0.6 is 0 Å². The van der Waals surface area contributed by atoms with E-state index in [2.05, 4.69) is 5.43 Å².